The first-order chi connectivity index (χ1) is 9.06. The number of halogens is 1. The highest BCUT2D eigenvalue weighted by Crippen LogP contribution is 2.20. The van der Waals surface area contributed by atoms with Crippen molar-refractivity contribution in [2.75, 3.05) is 19.4 Å². The molecule has 6 heteroatoms. The van der Waals surface area contributed by atoms with Gasteiger partial charge in [0.1, 0.15) is 0 Å². The number of nitrogens with one attached hydrogen (secondary N) is 1. The molecule has 0 aliphatic heterocycles. The number of aromatic nitrogens is 1. The molecule has 100 valence electrons. The largest absolute Gasteiger partial charge is 0.304 e. The summed E-state index contributed by atoms with van der Waals surface area (Å²) in [5, 5.41) is 5.71. The summed E-state index contributed by atoms with van der Waals surface area (Å²) in [6.07, 6.45) is 0. The van der Waals surface area contributed by atoms with Crippen molar-refractivity contribution in [3.05, 3.63) is 45.9 Å². The Kier molecular flexibility index (Phi) is 4.52. The Bertz CT molecular complexity index is 583. The van der Waals surface area contributed by atoms with E-state index in [1.165, 1.54) is 11.3 Å². The van der Waals surface area contributed by atoms with E-state index in [2.05, 4.69) is 10.3 Å². The summed E-state index contributed by atoms with van der Waals surface area (Å²) in [5.74, 6) is -0.239. The van der Waals surface area contributed by atoms with Gasteiger partial charge in [0.15, 0.2) is 5.13 Å². The lowest BCUT2D eigenvalue weighted by molar-refractivity contribution is 0.102. The molecule has 1 N–H and O–H groups in total. The molecule has 0 spiro atoms. The van der Waals surface area contributed by atoms with E-state index in [-0.39, 0.29) is 5.91 Å². The fourth-order valence-corrected chi connectivity index (χ4v) is 2.49. The maximum Gasteiger partial charge on any atom is 0.258 e. The molecule has 19 heavy (non-hydrogen) atoms. The lowest BCUT2D eigenvalue weighted by Gasteiger charge is -2.06. The predicted molar refractivity (Wildman–Crippen MR) is 78.9 cm³/mol. The van der Waals surface area contributed by atoms with Crippen LogP contribution in [0.4, 0.5) is 5.13 Å². The molecule has 4 nitrogen and oxygen atoms in total. The molecule has 0 saturated carbocycles. The number of hydrogen-bond acceptors (Lipinski definition) is 4. The first-order valence-electron chi connectivity index (χ1n) is 5.71. The Balaban J connectivity index is 2.07. The smallest absolute Gasteiger partial charge is 0.258 e. The quantitative estimate of drug-likeness (QED) is 0.942. The molecular weight excluding hydrogens is 282 g/mol. The monoisotopic (exact) mass is 295 g/mol. The normalized spacial score (nSPS) is 10.7. The summed E-state index contributed by atoms with van der Waals surface area (Å²) >= 11 is 7.38. The van der Waals surface area contributed by atoms with Gasteiger partial charge >= 0.3 is 0 Å². The van der Waals surface area contributed by atoms with Crippen LogP contribution < -0.4 is 5.32 Å². The van der Waals surface area contributed by atoms with Crippen molar-refractivity contribution >= 4 is 34.0 Å². The van der Waals surface area contributed by atoms with Gasteiger partial charge in [0, 0.05) is 11.9 Å². The Hall–Kier alpha value is -1.43. The topological polar surface area (TPSA) is 45.2 Å². The van der Waals surface area contributed by atoms with Crippen molar-refractivity contribution < 1.29 is 4.79 Å². The molecule has 0 bridgehead atoms. The highest BCUT2D eigenvalue weighted by molar-refractivity contribution is 7.14. The van der Waals surface area contributed by atoms with Gasteiger partial charge in [-0.1, -0.05) is 23.7 Å². The van der Waals surface area contributed by atoms with Gasteiger partial charge in [-0.3, -0.25) is 10.1 Å². The van der Waals surface area contributed by atoms with Gasteiger partial charge in [-0.05, 0) is 26.2 Å². The average Bonchev–Trinajstić information content (AvgIpc) is 2.76. The van der Waals surface area contributed by atoms with Crippen molar-refractivity contribution in [3.63, 3.8) is 0 Å². The second-order valence-electron chi connectivity index (χ2n) is 4.32. The standard InChI is InChI=1S/C13H14ClN3OS/c1-17(2)7-9-8-19-13(15-9)16-12(18)10-5-3-4-6-11(10)14/h3-6,8H,7H2,1-2H3,(H,15,16,18). The summed E-state index contributed by atoms with van der Waals surface area (Å²) in [7, 11) is 3.95. The molecule has 2 rings (SSSR count). The Labute approximate surface area is 121 Å². The van der Waals surface area contributed by atoms with Crippen molar-refractivity contribution in [3.8, 4) is 0 Å². The number of anilines is 1. The molecule has 1 amide bonds. The molecule has 0 fully saturated rings. The lowest BCUT2D eigenvalue weighted by atomic mass is 10.2. The van der Waals surface area contributed by atoms with Gasteiger partial charge < -0.3 is 4.90 Å². The summed E-state index contributed by atoms with van der Waals surface area (Å²) < 4.78 is 0. The summed E-state index contributed by atoms with van der Waals surface area (Å²) in [4.78, 5) is 18.4. The van der Waals surface area contributed by atoms with Crippen molar-refractivity contribution in [1.29, 1.82) is 0 Å². The zero-order valence-electron chi connectivity index (χ0n) is 10.7. The van der Waals surface area contributed by atoms with E-state index in [1.54, 1.807) is 24.3 Å². The highest BCUT2D eigenvalue weighted by Gasteiger charge is 2.12. The van der Waals surface area contributed by atoms with E-state index < -0.39 is 0 Å². The third-order valence-corrected chi connectivity index (χ3v) is 3.51. The minimum Gasteiger partial charge on any atom is -0.304 e. The lowest BCUT2D eigenvalue weighted by Crippen LogP contribution is -2.13. The number of rotatable bonds is 4. The predicted octanol–water partition coefficient (Wildman–Crippen LogP) is 3.11. The first kappa shape index (κ1) is 14.0. The van der Waals surface area contributed by atoms with Crippen LogP contribution in [0.3, 0.4) is 0 Å². The van der Waals surface area contributed by atoms with E-state index in [0.29, 0.717) is 15.7 Å². The number of nitrogens with zero attached hydrogens (tertiary/aromatic N) is 2. The van der Waals surface area contributed by atoms with Gasteiger partial charge in [0.05, 0.1) is 16.3 Å². The average molecular weight is 296 g/mol. The molecule has 0 saturated heterocycles. The molecular formula is C13H14ClN3OS. The van der Waals surface area contributed by atoms with Crippen LogP contribution in [-0.4, -0.2) is 29.9 Å². The zero-order valence-corrected chi connectivity index (χ0v) is 12.3. The van der Waals surface area contributed by atoms with Crippen LogP contribution in [0.5, 0.6) is 0 Å². The minimum atomic E-state index is -0.239. The van der Waals surface area contributed by atoms with Crippen LogP contribution in [-0.2, 0) is 6.54 Å². The van der Waals surface area contributed by atoms with E-state index in [4.69, 9.17) is 11.6 Å². The van der Waals surface area contributed by atoms with Crippen LogP contribution in [0.15, 0.2) is 29.6 Å². The number of amides is 1. The molecule has 0 aliphatic carbocycles. The van der Waals surface area contributed by atoms with Crippen molar-refractivity contribution in [1.82, 2.24) is 9.88 Å². The number of carbonyl (C=O) groups is 1. The van der Waals surface area contributed by atoms with Crippen LogP contribution in [0.1, 0.15) is 16.1 Å². The highest BCUT2D eigenvalue weighted by atomic mass is 35.5. The molecule has 0 radical (unpaired) electrons. The number of carbonyl (C=O) groups excluding carboxylic acids is 1. The molecule has 1 aromatic heterocycles. The fraction of sp³-hybridized carbons (Fsp3) is 0.231. The van der Waals surface area contributed by atoms with Crippen molar-refractivity contribution in [2.45, 2.75) is 6.54 Å². The van der Waals surface area contributed by atoms with Crippen LogP contribution >= 0.6 is 22.9 Å². The molecule has 0 aliphatic rings. The Morgan fingerprint density at radius 2 is 2.16 bits per heavy atom. The third kappa shape index (κ3) is 3.76. The summed E-state index contributed by atoms with van der Waals surface area (Å²) in [5.41, 5.74) is 1.39. The molecule has 0 unspecified atom stereocenters. The van der Waals surface area contributed by atoms with E-state index >= 15 is 0 Å². The second-order valence-corrected chi connectivity index (χ2v) is 5.58. The molecule has 0 atom stereocenters. The van der Waals surface area contributed by atoms with E-state index in [1.807, 2.05) is 24.4 Å². The van der Waals surface area contributed by atoms with Gasteiger partial charge in [-0.25, -0.2) is 4.98 Å². The summed E-state index contributed by atoms with van der Waals surface area (Å²) in [6, 6.07) is 6.94. The maximum absolute atomic E-state index is 12.0. The SMILES string of the molecule is CN(C)Cc1csc(NC(=O)c2ccccc2Cl)n1. The fourth-order valence-electron chi connectivity index (χ4n) is 1.57. The molecule has 2 aromatic rings. The van der Waals surface area contributed by atoms with Gasteiger partial charge in [0.2, 0.25) is 0 Å². The first-order valence-corrected chi connectivity index (χ1v) is 6.97. The van der Waals surface area contributed by atoms with Crippen LogP contribution in [0, 0.1) is 0 Å². The number of benzene rings is 1. The minimum absolute atomic E-state index is 0.239. The second kappa shape index (κ2) is 6.14. The van der Waals surface area contributed by atoms with Crippen LogP contribution in [0.25, 0.3) is 0 Å². The van der Waals surface area contributed by atoms with Gasteiger partial charge in [0.25, 0.3) is 5.91 Å². The number of hydrogen-bond donors (Lipinski definition) is 1. The number of thiazole rings is 1. The van der Waals surface area contributed by atoms with E-state index in [0.717, 1.165) is 12.2 Å². The van der Waals surface area contributed by atoms with Crippen LogP contribution in [0.2, 0.25) is 5.02 Å². The van der Waals surface area contributed by atoms with Crippen molar-refractivity contribution in [2.24, 2.45) is 0 Å². The van der Waals surface area contributed by atoms with Gasteiger partial charge in [-0.15, -0.1) is 11.3 Å². The van der Waals surface area contributed by atoms with Gasteiger partial charge in [-0.2, -0.15) is 0 Å². The zero-order chi connectivity index (χ0) is 13.8. The Morgan fingerprint density at radius 1 is 1.42 bits per heavy atom. The maximum atomic E-state index is 12.0. The summed E-state index contributed by atoms with van der Waals surface area (Å²) in [6.45, 7) is 0.748. The molecule has 1 heterocycles. The molecule has 1 aromatic carbocycles. The van der Waals surface area contributed by atoms with E-state index in [9.17, 15) is 4.79 Å². The Morgan fingerprint density at radius 3 is 2.84 bits per heavy atom. The third-order valence-electron chi connectivity index (χ3n) is 2.37.